The third-order valence-corrected chi connectivity index (χ3v) is 1.74. The second kappa shape index (κ2) is 4.15. The summed E-state index contributed by atoms with van der Waals surface area (Å²) in [4.78, 5) is 10.5. The number of benzene rings is 1. The Hall–Kier alpha value is -1.49. The number of aliphatic hydroxyl groups is 1. The topological polar surface area (TPSA) is 63.3 Å². The van der Waals surface area contributed by atoms with E-state index < -0.39 is 23.6 Å². The standard InChI is InChI=1S/C9H9F2NO2/c10-6-2-1-5(3-7(6)11)4-8(13)9(12)14/h1-3,8,13H,4H2,(H2,12,14)/t8-/m1/s1. The van der Waals surface area contributed by atoms with Gasteiger partial charge in [0.05, 0.1) is 0 Å². The number of rotatable bonds is 3. The Labute approximate surface area is 79.2 Å². The van der Waals surface area contributed by atoms with E-state index in [9.17, 15) is 13.6 Å². The number of carbonyl (C=O) groups excluding carboxylic acids is 1. The molecule has 0 unspecified atom stereocenters. The molecule has 0 spiro atoms. The molecule has 5 heteroatoms. The fourth-order valence-electron chi connectivity index (χ4n) is 0.990. The van der Waals surface area contributed by atoms with Crippen LogP contribution in [-0.2, 0) is 11.2 Å². The van der Waals surface area contributed by atoms with Crippen LogP contribution in [0.2, 0.25) is 0 Å². The van der Waals surface area contributed by atoms with Gasteiger partial charge in [-0.2, -0.15) is 0 Å². The third-order valence-electron chi connectivity index (χ3n) is 1.74. The van der Waals surface area contributed by atoms with Gasteiger partial charge in [-0.25, -0.2) is 8.78 Å². The molecule has 76 valence electrons. The molecule has 1 aromatic carbocycles. The molecular formula is C9H9F2NO2. The van der Waals surface area contributed by atoms with Crippen LogP contribution in [0.1, 0.15) is 5.56 Å². The van der Waals surface area contributed by atoms with E-state index in [0.29, 0.717) is 5.56 Å². The van der Waals surface area contributed by atoms with E-state index in [1.54, 1.807) is 0 Å². The van der Waals surface area contributed by atoms with E-state index in [1.807, 2.05) is 0 Å². The average Bonchev–Trinajstić information content (AvgIpc) is 2.11. The molecule has 1 amide bonds. The monoisotopic (exact) mass is 201 g/mol. The van der Waals surface area contributed by atoms with Gasteiger partial charge in [-0.15, -0.1) is 0 Å². The molecule has 0 bridgehead atoms. The predicted octanol–water partition coefficient (Wildman–Crippen LogP) is 0.353. The van der Waals surface area contributed by atoms with Crippen LogP contribution in [0.5, 0.6) is 0 Å². The van der Waals surface area contributed by atoms with Gasteiger partial charge < -0.3 is 10.8 Å². The zero-order valence-corrected chi connectivity index (χ0v) is 7.21. The number of primary amides is 1. The number of halogens is 2. The van der Waals surface area contributed by atoms with Crippen LogP contribution in [0.3, 0.4) is 0 Å². The van der Waals surface area contributed by atoms with Gasteiger partial charge in [0.25, 0.3) is 0 Å². The van der Waals surface area contributed by atoms with Gasteiger partial charge in [0.2, 0.25) is 5.91 Å². The zero-order valence-electron chi connectivity index (χ0n) is 7.21. The van der Waals surface area contributed by atoms with Crippen LogP contribution >= 0.6 is 0 Å². The molecule has 3 nitrogen and oxygen atoms in total. The molecule has 1 atom stereocenters. The van der Waals surface area contributed by atoms with Gasteiger partial charge in [0, 0.05) is 6.42 Å². The van der Waals surface area contributed by atoms with Crippen molar-refractivity contribution in [1.82, 2.24) is 0 Å². The Morgan fingerprint density at radius 2 is 2.07 bits per heavy atom. The zero-order chi connectivity index (χ0) is 10.7. The first-order valence-electron chi connectivity index (χ1n) is 3.92. The summed E-state index contributed by atoms with van der Waals surface area (Å²) in [5.41, 5.74) is 5.11. The Morgan fingerprint density at radius 1 is 1.43 bits per heavy atom. The lowest BCUT2D eigenvalue weighted by atomic mass is 10.1. The first kappa shape index (κ1) is 10.6. The van der Waals surface area contributed by atoms with Gasteiger partial charge in [-0.05, 0) is 17.7 Å². The fraction of sp³-hybridized carbons (Fsp3) is 0.222. The quantitative estimate of drug-likeness (QED) is 0.741. The van der Waals surface area contributed by atoms with Gasteiger partial charge in [0.15, 0.2) is 11.6 Å². The molecule has 14 heavy (non-hydrogen) atoms. The van der Waals surface area contributed by atoms with Crippen molar-refractivity contribution in [3.63, 3.8) is 0 Å². The molecule has 0 fully saturated rings. The lowest BCUT2D eigenvalue weighted by Gasteiger charge is -2.06. The summed E-state index contributed by atoms with van der Waals surface area (Å²) in [5, 5.41) is 9.05. The molecule has 0 aliphatic carbocycles. The van der Waals surface area contributed by atoms with Gasteiger partial charge in [-0.1, -0.05) is 6.07 Å². The smallest absolute Gasteiger partial charge is 0.246 e. The van der Waals surface area contributed by atoms with Crippen LogP contribution < -0.4 is 5.73 Å². The highest BCUT2D eigenvalue weighted by Gasteiger charge is 2.12. The SMILES string of the molecule is NC(=O)[C@H](O)Cc1ccc(F)c(F)c1. The first-order valence-corrected chi connectivity index (χ1v) is 3.92. The van der Waals surface area contributed by atoms with E-state index in [0.717, 1.165) is 12.1 Å². The average molecular weight is 201 g/mol. The molecule has 0 saturated carbocycles. The van der Waals surface area contributed by atoms with Crippen molar-refractivity contribution in [2.45, 2.75) is 12.5 Å². The summed E-state index contributed by atoms with van der Waals surface area (Å²) in [6, 6.07) is 3.13. The molecule has 0 saturated heterocycles. The van der Waals surface area contributed by atoms with Gasteiger partial charge >= 0.3 is 0 Å². The Balaban J connectivity index is 2.78. The molecule has 3 N–H and O–H groups in total. The Morgan fingerprint density at radius 3 is 2.57 bits per heavy atom. The van der Waals surface area contributed by atoms with Gasteiger partial charge in [0.1, 0.15) is 6.10 Å². The lowest BCUT2D eigenvalue weighted by molar-refractivity contribution is -0.125. The van der Waals surface area contributed by atoms with Crippen LogP contribution in [0.15, 0.2) is 18.2 Å². The number of nitrogens with two attached hydrogens (primary N) is 1. The van der Waals surface area contributed by atoms with Gasteiger partial charge in [-0.3, -0.25) is 4.79 Å². The predicted molar refractivity (Wildman–Crippen MR) is 45.3 cm³/mol. The van der Waals surface area contributed by atoms with Crippen LogP contribution in [-0.4, -0.2) is 17.1 Å². The number of amides is 1. The highest BCUT2D eigenvalue weighted by Crippen LogP contribution is 2.10. The highest BCUT2D eigenvalue weighted by atomic mass is 19.2. The summed E-state index contributed by atoms with van der Waals surface area (Å²) in [6.07, 6.45) is -1.49. The van der Waals surface area contributed by atoms with Crippen LogP contribution in [0, 0.1) is 11.6 Å². The minimum absolute atomic E-state index is 0.119. The molecule has 0 aliphatic rings. The molecule has 0 heterocycles. The van der Waals surface area contributed by atoms with E-state index in [4.69, 9.17) is 10.8 Å². The van der Waals surface area contributed by atoms with Crippen molar-refractivity contribution in [3.05, 3.63) is 35.4 Å². The third kappa shape index (κ3) is 2.50. The summed E-state index contributed by atoms with van der Waals surface area (Å²) in [5.74, 6) is -2.88. The van der Waals surface area contributed by atoms with Crippen molar-refractivity contribution >= 4 is 5.91 Å². The summed E-state index contributed by atoms with van der Waals surface area (Å²) < 4.78 is 25.1. The number of carbonyl (C=O) groups is 1. The van der Waals surface area contributed by atoms with E-state index in [2.05, 4.69) is 0 Å². The van der Waals surface area contributed by atoms with Crippen molar-refractivity contribution < 1.29 is 18.7 Å². The first-order chi connectivity index (χ1) is 6.50. The van der Waals surface area contributed by atoms with Crippen molar-refractivity contribution in [2.75, 3.05) is 0 Å². The minimum Gasteiger partial charge on any atom is -0.383 e. The number of aliphatic hydroxyl groups excluding tert-OH is 1. The number of hydrogen-bond donors (Lipinski definition) is 2. The fourth-order valence-corrected chi connectivity index (χ4v) is 0.990. The van der Waals surface area contributed by atoms with Crippen molar-refractivity contribution in [2.24, 2.45) is 5.73 Å². The molecular weight excluding hydrogens is 192 g/mol. The maximum absolute atomic E-state index is 12.7. The summed E-state index contributed by atoms with van der Waals surface area (Å²) in [6.45, 7) is 0. The maximum atomic E-state index is 12.7. The normalized spacial score (nSPS) is 12.5. The maximum Gasteiger partial charge on any atom is 0.246 e. The molecule has 0 aromatic heterocycles. The summed E-state index contributed by atoms with van der Waals surface area (Å²) in [7, 11) is 0. The Kier molecular flexibility index (Phi) is 3.14. The largest absolute Gasteiger partial charge is 0.383 e. The molecule has 1 aromatic rings. The Bertz CT molecular complexity index is 355. The van der Waals surface area contributed by atoms with E-state index in [-0.39, 0.29) is 6.42 Å². The van der Waals surface area contributed by atoms with E-state index >= 15 is 0 Å². The highest BCUT2D eigenvalue weighted by molar-refractivity contribution is 5.78. The second-order valence-electron chi connectivity index (χ2n) is 2.87. The lowest BCUT2D eigenvalue weighted by Crippen LogP contribution is -2.30. The van der Waals surface area contributed by atoms with Crippen LogP contribution in [0.25, 0.3) is 0 Å². The summed E-state index contributed by atoms with van der Waals surface area (Å²) >= 11 is 0. The van der Waals surface area contributed by atoms with Crippen molar-refractivity contribution in [1.29, 1.82) is 0 Å². The van der Waals surface area contributed by atoms with E-state index in [1.165, 1.54) is 6.07 Å². The molecule has 0 radical (unpaired) electrons. The molecule has 0 aliphatic heterocycles. The van der Waals surface area contributed by atoms with Crippen LogP contribution in [0.4, 0.5) is 8.78 Å². The second-order valence-corrected chi connectivity index (χ2v) is 2.87. The number of hydrogen-bond acceptors (Lipinski definition) is 2. The molecule has 1 rings (SSSR count). The minimum atomic E-state index is -1.38. The van der Waals surface area contributed by atoms with Crippen molar-refractivity contribution in [3.8, 4) is 0 Å².